The summed E-state index contributed by atoms with van der Waals surface area (Å²) in [6.07, 6.45) is 3.11. The summed E-state index contributed by atoms with van der Waals surface area (Å²) < 4.78 is 11.1. The van der Waals surface area contributed by atoms with Gasteiger partial charge < -0.3 is 14.3 Å². The van der Waals surface area contributed by atoms with Gasteiger partial charge in [-0.2, -0.15) is 0 Å². The largest absolute Gasteiger partial charge is 0.469 e. The van der Waals surface area contributed by atoms with Crippen LogP contribution in [0.1, 0.15) is 51.7 Å². The number of carbonyl (C=O) groups excluding carboxylic acids is 1. The van der Waals surface area contributed by atoms with Gasteiger partial charge in [0.25, 0.3) is 0 Å². The van der Waals surface area contributed by atoms with Crippen molar-refractivity contribution in [2.75, 3.05) is 0 Å². The lowest BCUT2D eigenvalue weighted by Crippen LogP contribution is -2.41. The van der Waals surface area contributed by atoms with Crippen LogP contribution in [0.15, 0.2) is 34.1 Å². The molecule has 4 nitrogen and oxygen atoms in total. The third-order valence-corrected chi connectivity index (χ3v) is 4.04. The van der Waals surface area contributed by atoms with E-state index >= 15 is 0 Å². The minimum atomic E-state index is -1.26. The highest BCUT2D eigenvalue weighted by Gasteiger charge is 2.46. The molecule has 4 heteroatoms. The van der Waals surface area contributed by atoms with Gasteiger partial charge in [-0.1, -0.05) is 13.8 Å². The molecule has 0 saturated heterocycles. The van der Waals surface area contributed by atoms with E-state index in [1.807, 2.05) is 19.9 Å². The van der Waals surface area contributed by atoms with Gasteiger partial charge >= 0.3 is 0 Å². The predicted molar refractivity (Wildman–Crippen MR) is 72.8 cm³/mol. The molecule has 1 aliphatic heterocycles. The van der Waals surface area contributed by atoms with Crippen LogP contribution in [0.25, 0.3) is 0 Å². The lowest BCUT2D eigenvalue weighted by Gasteiger charge is -2.42. The summed E-state index contributed by atoms with van der Waals surface area (Å²) >= 11 is 0. The molecule has 1 N–H and O–H groups in total. The third-order valence-electron chi connectivity index (χ3n) is 4.04. The van der Waals surface area contributed by atoms with Crippen LogP contribution >= 0.6 is 0 Å². The molecule has 2 aliphatic rings. The molecule has 0 saturated carbocycles. The number of rotatable bonds is 1. The second-order valence-electron chi connectivity index (χ2n) is 6.83. The van der Waals surface area contributed by atoms with E-state index in [1.165, 1.54) is 0 Å². The van der Waals surface area contributed by atoms with Gasteiger partial charge in [0.05, 0.1) is 12.2 Å². The first kappa shape index (κ1) is 13.4. The molecule has 0 fully saturated rings. The molecule has 1 aromatic rings. The van der Waals surface area contributed by atoms with Crippen LogP contribution in [0.3, 0.4) is 0 Å². The van der Waals surface area contributed by atoms with Crippen molar-refractivity contribution in [3.8, 4) is 0 Å². The van der Waals surface area contributed by atoms with Gasteiger partial charge in [0.1, 0.15) is 11.5 Å². The maximum atomic E-state index is 12.5. The number of allylic oxidation sites excluding steroid dienone is 2. The van der Waals surface area contributed by atoms with Crippen LogP contribution in [0.4, 0.5) is 0 Å². The first-order valence-electron chi connectivity index (χ1n) is 6.98. The highest BCUT2D eigenvalue weighted by molar-refractivity contribution is 5.98. The SMILES string of the molecule is CC1(C)CC(=O)C2=C(C1)OC(C)(O)C[C@@H]2c1ccco1. The van der Waals surface area contributed by atoms with Crippen molar-refractivity contribution in [3.05, 3.63) is 35.5 Å². The Kier molecular flexibility index (Phi) is 2.83. The molecule has 0 amide bonds. The van der Waals surface area contributed by atoms with Crippen molar-refractivity contribution in [1.82, 2.24) is 0 Å². The summed E-state index contributed by atoms with van der Waals surface area (Å²) in [4.78, 5) is 12.5. The standard InChI is InChI=1S/C16H20O4/c1-15(2)8-11(17)14-10(12-5-4-6-19-12)7-16(3,18)20-13(14)9-15/h4-6,10,18H,7-9H2,1-3H3/t10-,16?/m1/s1. The molecule has 0 aromatic carbocycles. The summed E-state index contributed by atoms with van der Waals surface area (Å²) in [5.41, 5.74) is 0.558. The molecule has 1 aromatic heterocycles. The Bertz CT molecular complexity index is 559. The molecule has 108 valence electrons. The van der Waals surface area contributed by atoms with E-state index in [9.17, 15) is 9.90 Å². The average Bonchev–Trinajstić information content (AvgIpc) is 2.76. The summed E-state index contributed by atoms with van der Waals surface area (Å²) in [7, 11) is 0. The minimum Gasteiger partial charge on any atom is -0.469 e. The Morgan fingerprint density at radius 1 is 1.30 bits per heavy atom. The number of Topliss-reactive ketones (excluding diaryl/α,β-unsaturated/α-hetero) is 1. The Balaban J connectivity index is 2.08. The van der Waals surface area contributed by atoms with Crippen molar-refractivity contribution in [3.63, 3.8) is 0 Å². The van der Waals surface area contributed by atoms with Crippen molar-refractivity contribution in [1.29, 1.82) is 0 Å². The van der Waals surface area contributed by atoms with Gasteiger partial charge in [-0.15, -0.1) is 0 Å². The van der Waals surface area contributed by atoms with Crippen molar-refractivity contribution in [2.24, 2.45) is 5.41 Å². The zero-order valence-corrected chi connectivity index (χ0v) is 12.1. The van der Waals surface area contributed by atoms with Crippen molar-refractivity contribution in [2.45, 2.75) is 51.7 Å². The van der Waals surface area contributed by atoms with Gasteiger partial charge in [-0.05, 0) is 17.5 Å². The first-order chi connectivity index (χ1) is 9.27. The van der Waals surface area contributed by atoms with Crippen LogP contribution in [0.2, 0.25) is 0 Å². The van der Waals surface area contributed by atoms with Gasteiger partial charge in [0.15, 0.2) is 5.78 Å². The molecule has 20 heavy (non-hydrogen) atoms. The fourth-order valence-corrected chi connectivity index (χ4v) is 3.28. The van der Waals surface area contributed by atoms with E-state index < -0.39 is 5.79 Å². The van der Waals surface area contributed by atoms with Crippen LogP contribution in [0, 0.1) is 5.41 Å². The molecule has 0 spiro atoms. The van der Waals surface area contributed by atoms with Crippen molar-refractivity contribution >= 4 is 5.78 Å². The zero-order valence-electron chi connectivity index (χ0n) is 12.1. The molecular weight excluding hydrogens is 256 g/mol. The molecular formula is C16H20O4. The van der Waals surface area contributed by atoms with E-state index in [0.717, 1.165) is 0 Å². The Labute approximate surface area is 118 Å². The summed E-state index contributed by atoms with van der Waals surface area (Å²) in [5.74, 6) is -0.0252. The van der Waals surface area contributed by atoms with E-state index in [2.05, 4.69) is 0 Å². The monoisotopic (exact) mass is 276 g/mol. The number of hydrogen-bond donors (Lipinski definition) is 1. The second-order valence-corrected chi connectivity index (χ2v) is 6.83. The molecule has 1 unspecified atom stereocenters. The number of ketones is 1. The van der Waals surface area contributed by atoms with E-state index in [1.54, 1.807) is 19.3 Å². The minimum absolute atomic E-state index is 0.105. The van der Waals surface area contributed by atoms with Gasteiger partial charge in [-0.25, -0.2) is 0 Å². The first-order valence-corrected chi connectivity index (χ1v) is 6.98. The molecule has 2 heterocycles. The highest BCUT2D eigenvalue weighted by Crippen LogP contribution is 2.49. The molecule has 0 bridgehead atoms. The second kappa shape index (κ2) is 4.22. The van der Waals surface area contributed by atoms with Crippen LogP contribution in [-0.2, 0) is 9.53 Å². The fourth-order valence-electron chi connectivity index (χ4n) is 3.28. The number of hydrogen-bond acceptors (Lipinski definition) is 4. The Hall–Kier alpha value is -1.55. The maximum Gasteiger partial charge on any atom is 0.205 e. The van der Waals surface area contributed by atoms with Gasteiger partial charge in [-0.3, -0.25) is 4.79 Å². The van der Waals surface area contributed by atoms with E-state index in [4.69, 9.17) is 9.15 Å². The van der Waals surface area contributed by atoms with Crippen LogP contribution in [0.5, 0.6) is 0 Å². The fraction of sp³-hybridized carbons (Fsp3) is 0.562. The highest BCUT2D eigenvalue weighted by atomic mass is 16.6. The normalized spacial score (nSPS) is 32.8. The summed E-state index contributed by atoms with van der Waals surface area (Å²) in [5, 5.41) is 10.3. The van der Waals surface area contributed by atoms with Crippen molar-refractivity contribution < 1.29 is 19.1 Å². The van der Waals surface area contributed by atoms with Gasteiger partial charge in [0.2, 0.25) is 5.79 Å². The lowest BCUT2D eigenvalue weighted by molar-refractivity contribution is -0.185. The molecule has 3 rings (SSSR count). The van der Waals surface area contributed by atoms with Crippen LogP contribution in [-0.4, -0.2) is 16.7 Å². The number of carbonyl (C=O) groups is 1. The quantitative estimate of drug-likeness (QED) is 0.856. The van der Waals surface area contributed by atoms with E-state index in [0.29, 0.717) is 36.4 Å². The number of ether oxygens (including phenoxy) is 1. The zero-order chi connectivity index (χ0) is 14.5. The molecule has 0 radical (unpaired) electrons. The summed E-state index contributed by atoms with van der Waals surface area (Å²) in [6, 6.07) is 3.65. The Morgan fingerprint density at radius 2 is 2.05 bits per heavy atom. The Morgan fingerprint density at radius 3 is 2.70 bits per heavy atom. The van der Waals surface area contributed by atoms with Gasteiger partial charge in [0, 0.05) is 31.8 Å². The molecule has 1 aliphatic carbocycles. The molecule has 2 atom stereocenters. The lowest BCUT2D eigenvalue weighted by atomic mass is 9.71. The number of aliphatic hydroxyl groups is 1. The average molecular weight is 276 g/mol. The third kappa shape index (κ3) is 2.29. The van der Waals surface area contributed by atoms with Crippen LogP contribution < -0.4 is 0 Å². The van der Waals surface area contributed by atoms with E-state index in [-0.39, 0.29) is 17.1 Å². The smallest absolute Gasteiger partial charge is 0.205 e. The number of furan rings is 1. The summed E-state index contributed by atoms with van der Waals surface area (Å²) in [6.45, 7) is 5.73. The maximum absolute atomic E-state index is 12.5. The predicted octanol–water partition coefficient (Wildman–Crippen LogP) is 3.14. The topological polar surface area (TPSA) is 59.7 Å².